The molecule has 0 fully saturated rings. The number of para-hydroxylation sites is 1. The predicted octanol–water partition coefficient (Wildman–Crippen LogP) is 9.54. The van der Waals surface area contributed by atoms with Gasteiger partial charge in [0, 0.05) is 33.6 Å². The summed E-state index contributed by atoms with van der Waals surface area (Å²) in [6, 6.07) is 37.3. The smallest absolute Gasteiger partial charge is 0.0619 e. The zero-order chi connectivity index (χ0) is 29.3. The summed E-state index contributed by atoms with van der Waals surface area (Å²) in [5.41, 5.74) is 22.7. The van der Waals surface area contributed by atoms with E-state index in [4.69, 9.17) is 11.5 Å². The van der Waals surface area contributed by atoms with Crippen LogP contribution in [0.5, 0.6) is 0 Å². The molecule has 0 amide bonds. The molecule has 0 bridgehead atoms. The molecule has 43 heavy (non-hydrogen) atoms. The van der Waals surface area contributed by atoms with Gasteiger partial charge in [-0.15, -0.1) is 0 Å². The molecule has 0 radical (unpaired) electrons. The largest absolute Gasteiger partial charge is 0.398 e. The minimum Gasteiger partial charge on any atom is -0.398 e. The van der Waals surface area contributed by atoms with E-state index in [1.807, 2.05) is 12.2 Å². The summed E-state index contributed by atoms with van der Waals surface area (Å²) < 4.78 is 2.42. The van der Waals surface area contributed by atoms with E-state index in [0.717, 1.165) is 35.4 Å². The van der Waals surface area contributed by atoms with Crippen molar-refractivity contribution in [3.63, 3.8) is 0 Å². The van der Waals surface area contributed by atoms with Gasteiger partial charge in [0.15, 0.2) is 0 Å². The number of hydrogen-bond acceptors (Lipinski definition) is 2. The lowest BCUT2D eigenvalue weighted by atomic mass is 9.96. The van der Waals surface area contributed by atoms with E-state index >= 15 is 0 Å². The topological polar surface area (TPSA) is 57.0 Å². The summed E-state index contributed by atoms with van der Waals surface area (Å²) in [6.45, 7) is 2.12. The number of rotatable bonds is 6. The molecule has 0 saturated carbocycles. The summed E-state index contributed by atoms with van der Waals surface area (Å²) in [4.78, 5) is 0. The fourth-order valence-corrected chi connectivity index (χ4v) is 6.22. The van der Waals surface area contributed by atoms with Crippen molar-refractivity contribution in [2.75, 3.05) is 0 Å². The lowest BCUT2D eigenvalue weighted by Crippen LogP contribution is -2.17. The Labute approximate surface area is 252 Å². The highest BCUT2D eigenvalue weighted by atomic mass is 15.0. The third-order valence-electron chi connectivity index (χ3n) is 8.37. The summed E-state index contributed by atoms with van der Waals surface area (Å²) in [6.07, 6.45) is 14.5. The van der Waals surface area contributed by atoms with Crippen LogP contribution in [-0.2, 0) is 0 Å². The van der Waals surface area contributed by atoms with E-state index in [1.54, 1.807) is 0 Å². The number of benzene rings is 5. The van der Waals surface area contributed by atoms with Gasteiger partial charge < -0.3 is 16.0 Å². The summed E-state index contributed by atoms with van der Waals surface area (Å²) in [5.74, 6) is 0. The Morgan fingerprint density at radius 1 is 0.814 bits per heavy atom. The number of allylic oxidation sites excluding steroid dienone is 5. The zero-order valence-electron chi connectivity index (χ0n) is 24.4. The maximum atomic E-state index is 6.40. The van der Waals surface area contributed by atoms with Gasteiger partial charge in [0.25, 0.3) is 0 Å². The van der Waals surface area contributed by atoms with Gasteiger partial charge in [-0.05, 0) is 82.5 Å². The van der Waals surface area contributed by atoms with Gasteiger partial charge in [-0.1, -0.05) is 110 Å². The van der Waals surface area contributed by atoms with Crippen LogP contribution in [0.1, 0.15) is 30.9 Å². The van der Waals surface area contributed by atoms with Crippen LogP contribution in [0.3, 0.4) is 0 Å². The average Bonchev–Trinajstić information content (AvgIpc) is 3.39. The van der Waals surface area contributed by atoms with Crippen molar-refractivity contribution < 1.29 is 0 Å². The Morgan fingerprint density at radius 3 is 2.44 bits per heavy atom. The quantitative estimate of drug-likeness (QED) is 0.200. The van der Waals surface area contributed by atoms with Crippen molar-refractivity contribution in [2.24, 2.45) is 11.5 Å². The Kier molecular flexibility index (Phi) is 7.02. The molecule has 7 rings (SSSR count). The highest BCUT2D eigenvalue weighted by Gasteiger charge is 2.17. The van der Waals surface area contributed by atoms with Crippen LogP contribution >= 0.6 is 0 Å². The van der Waals surface area contributed by atoms with E-state index in [0.29, 0.717) is 0 Å². The first-order chi connectivity index (χ1) is 21.1. The van der Waals surface area contributed by atoms with Crippen LogP contribution in [0.25, 0.3) is 60.7 Å². The van der Waals surface area contributed by atoms with Gasteiger partial charge >= 0.3 is 0 Å². The second-order valence-corrected chi connectivity index (χ2v) is 11.3. The fraction of sp³-hybridized carbons (Fsp3) is 0.100. The van der Waals surface area contributed by atoms with E-state index in [-0.39, 0.29) is 6.04 Å². The van der Waals surface area contributed by atoms with Gasteiger partial charge in [-0.25, -0.2) is 0 Å². The molecule has 3 heteroatoms. The normalized spacial score (nSPS) is 15.6. The number of nitrogens with zero attached hydrogens (tertiary/aromatic N) is 1. The first kappa shape index (κ1) is 26.8. The molecule has 1 unspecified atom stereocenters. The maximum Gasteiger partial charge on any atom is 0.0619 e. The lowest BCUT2D eigenvalue weighted by Gasteiger charge is -2.14. The standard InChI is InChI=1S/C40H35N3/c1-2-3-5-16-38(42)32-12-8-10-27(24-32)29-17-20-35-31(23-29)19-22-37-36-21-18-30(28-11-9-13-33(41)25-28)26-39(36)43(40(35)37)34-14-6-4-7-15-34/h3-12,14-26,33H,2,13,41-42H2,1H3/b5-3-,38-16-. The maximum absolute atomic E-state index is 6.40. The van der Waals surface area contributed by atoms with E-state index in [2.05, 4.69) is 139 Å². The van der Waals surface area contributed by atoms with E-state index in [1.165, 1.54) is 49.3 Å². The Hall–Kier alpha value is -5.12. The van der Waals surface area contributed by atoms with Crippen LogP contribution in [-0.4, -0.2) is 10.6 Å². The minimum absolute atomic E-state index is 0.0554. The van der Waals surface area contributed by atoms with Crippen LogP contribution in [0.4, 0.5) is 0 Å². The van der Waals surface area contributed by atoms with Crippen molar-refractivity contribution in [3.8, 4) is 16.8 Å². The molecule has 6 aromatic rings. The summed E-state index contributed by atoms with van der Waals surface area (Å²) in [7, 11) is 0. The Balaban J connectivity index is 1.41. The molecule has 0 aliphatic heterocycles. The summed E-state index contributed by atoms with van der Waals surface area (Å²) in [5, 5.41) is 4.91. The van der Waals surface area contributed by atoms with Gasteiger partial charge in [-0.3, -0.25) is 0 Å². The number of aromatic nitrogens is 1. The van der Waals surface area contributed by atoms with E-state index < -0.39 is 0 Å². The molecule has 1 heterocycles. The molecule has 1 atom stereocenters. The molecule has 1 aromatic heterocycles. The molecule has 5 aromatic carbocycles. The Morgan fingerprint density at radius 2 is 1.60 bits per heavy atom. The molecule has 1 aliphatic rings. The van der Waals surface area contributed by atoms with Crippen molar-refractivity contribution in [2.45, 2.75) is 25.8 Å². The lowest BCUT2D eigenvalue weighted by molar-refractivity contribution is 0.829. The van der Waals surface area contributed by atoms with Gasteiger partial charge in [0.2, 0.25) is 0 Å². The van der Waals surface area contributed by atoms with Crippen molar-refractivity contribution in [1.29, 1.82) is 0 Å². The average molecular weight is 558 g/mol. The fourth-order valence-electron chi connectivity index (χ4n) is 6.22. The van der Waals surface area contributed by atoms with Crippen LogP contribution in [0, 0.1) is 0 Å². The number of nitrogens with two attached hydrogens (primary N) is 2. The molecule has 3 nitrogen and oxygen atoms in total. The first-order valence-corrected chi connectivity index (χ1v) is 15.0. The third kappa shape index (κ3) is 4.98. The molecular weight excluding hydrogens is 522 g/mol. The minimum atomic E-state index is 0.0554. The second kappa shape index (κ2) is 11.3. The summed E-state index contributed by atoms with van der Waals surface area (Å²) >= 11 is 0. The first-order valence-electron chi connectivity index (χ1n) is 15.0. The van der Waals surface area contributed by atoms with Crippen LogP contribution in [0.2, 0.25) is 0 Å². The molecular formula is C40H35N3. The highest BCUT2D eigenvalue weighted by molar-refractivity contribution is 6.19. The third-order valence-corrected chi connectivity index (χ3v) is 8.37. The van der Waals surface area contributed by atoms with Crippen LogP contribution in [0.15, 0.2) is 140 Å². The number of hydrogen-bond donors (Lipinski definition) is 2. The molecule has 1 aliphatic carbocycles. The zero-order valence-corrected chi connectivity index (χ0v) is 24.4. The second-order valence-electron chi connectivity index (χ2n) is 11.3. The van der Waals surface area contributed by atoms with Crippen molar-refractivity contribution >= 4 is 43.8 Å². The van der Waals surface area contributed by atoms with Gasteiger partial charge in [0.05, 0.1) is 11.0 Å². The molecule has 210 valence electrons. The number of fused-ring (bicyclic) bond motifs is 5. The predicted molar refractivity (Wildman–Crippen MR) is 185 cm³/mol. The Bertz CT molecular complexity index is 2110. The monoisotopic (exact) mass is 557 g/mol. The van der Waals surface area contributed by atoms with Gasteiger partial charge in [0.1, 0.15) is 0 Å². The SMILES string of the molecule is CC/C=C\C=C(/N)c1cccc(-c2ccc3c(ccc4c5ccc(C6=CC(N)CC=C6)cc5n(-c5ccccc5)c34)c2)c1. The van der Waals surface area contributed by atoms with E-state index in [9.17, 15) is 0 Å². The highest BCUT2D eigenvalue weighted by Crippen LogP contribution is 2.39. The molecule has 0 spiro atoms. The van der Waals surface area contributed by atoms with Crippen molar-refractivity contribution in [3.05, 3.63) is 151 Å². The van der Waals surface area contributed by atoms with Crippen LogP contribution < -0.4 is 11.5 Å². The molecule has 4 N–H and O–H groups in total. The molecule has 0 saturated heterocycles. The van der Waals surface area contributed by atoms with Gasteiger partial charge in [-0.2, -0.15) is 0 Å². The van der Waals surface area contributed by atoms with Crippen molar-refractivity contribution in [1.82, 2.24) is 4.57 Å².